The van der Waals surface area contributed by atoms with Crippen molar-refractivity contribution in [2.75, 3.05) is 6.61 Å². The van der Waals surface area contributed by atoms with Gasteiger partial charge in [0.15, 0.2) is 0 Å². The molecule has 1 aromatic heterocycles. The minimum Gasteiger partial charge on any atom is -0.377 e. The van der Waals surface area contributed by atoms with Gasteiger partial charge >= 0.3 is 0 Å². The maximum atomic E-state index is 10.3. The summed E-state index contributed by atoms with van der Waals surface area (Å²) in [4.78, 5) is 14.5. The van der Waals surface area contributed by atoms with Gasteiger partial charge in [-0.15, -0.1) is 0 Å². The van der Waals surface area contributed by atoms with E-state index in [0.29, 0.717) is 19.4 Å². The summed E-state index contributed by atoms with van der Waals surface area (Å²) in [5, 5.41) is 0. The van der Waals surface area contributed by atoms with Crippen molar-refractivity contribution in [2.45, 2.75) is 39.3 Å². The number of aromatic nitrogens is 2. The second-order valence-corrected chi connectivity index (χ2v) is 3.66. The van der Waals surface area contributed by atoms with Gasteiger partial charge in [0.25, 0.3) is 0 Å². The number of hydrogen-bond donors (Lipinski definition) is 0. The predicted octanol–water partition coefficient (Wildman–Crippen LogP) is 1.44. The van der Waals surface area contributed by atoms with Gasteiger partial charge in [0.2, 0.25) is 0 Å². The molecule has 0 fully saturated rings. The van der Waals surface area contributed by atoms with Crippen LogP contribution in [-0.4, -0.2) is 28.5 Å². The summed E-state index contributed by atoms with van der Waals surface area (Å²) in [7, 11) is 0. The van der Waals surface area contributed by atoms with Crippen LogP contribution >= 0.6 is 0 Å². The number of rotatable bonds is 7. The van der Waals surface area contributed by atoms with Gasteiger partial charge in [-0.2, -0.15) is 0 Å². The Hall–Kier alpha value is -1.16. The van der Waals surface area contributed by atoms with Crippen molar-refractivity contribution in [2.24, 2.45) is 0 Å². The molecular formula is C11H18N2O2. The lowest BCUT2D eigenvalue weighted by molar-refractivity contribution is -0.107. The molecule has 1 heterocycles. The summed E-state index contributed by atoms with van der Waals surface area (Å²) in [5.41, 5.74) is 0. The second-order valence-electron chi connectivity index (χ2n) is 3.66. The van der Waals surface area contributed by atoms with Crippen LogP contribution in [0.4, 0.5) is 0 Å². The molecule has 0 radical (unpaired) electrons. The lowest BCUT2D eigenvalue weighted by Crippen LogP contribution is -2.12. The zero-order chi connectivity index (χ0) is 11.1. The van der Waals surface area contributed by atoms with Gasteiger partial charge in [0.05, 0.1) is 12.7 Å². The van der Waals surface area contributed by atoms with E-state index in [0.717, 1.165) is 18.7 Å². The molecule has 0 saturated carbocycles. The van der Waals surface area contributed by atoms with Crippen LogP contribution in [0.25, 0.3) is 0 Å². The van der Waals surface area contributed by atoms with Crippen molar-refractivity contribution >= 4 is 6.29 Å². The quantitative estimate of drug-likeness (QED) is 0.640. The molecule has 0 atom stereocenters. The van der Waals surface area contributed by atoms with Gasteiger partial charge in [0, 0.05) is 31.8 Å². The summed E-state index contributed by atoms with van der Waals surface area (Å²) in [5.74, 6) is 0.953. The van der Waals surface area contributed by atoms with Crippen LogP contribution < -0.4 is 0 Å². The lowest BCUT2D eigenvalue weighted by Gasteiger charge is -2.09. The highest BCUT2D eigenvalue weighted by atomic mass is 16.5. The number of imidazole rings is 1. The van der Waals surface area contributed by atoms with Gasteiger partial charge < -0.3 is 14.1 Å². The largest absolute Gasteiger partial charge is 0.377 e. The molecule has 1 aromatic rings. The first-order valence-corrected chi connectivity index (χ1v) is 5.29. The number of carbonyl (C=O) groups is 1. The second kappa shape index (κ2) is 6.35. The van der Waals surface area contributed by atoms with Gasteiger partial charge in [-0.05, 0) is 13.8 Å². The minimum atomic E-state index is 0.256. The van der Waals surface area contributed by atoms with Crippen LogP contribution in [0.3, 0.4) is 0 Å². The number of carbonyl (C=O) groups excluding carboxylic acids is 1. The van der Waals surface area contributed by atoms with Crippen molar-refractivity contribution in [1.29, 1.82) is 0 Å². The van der Waals surface area contributed by atoms with Crippen molar-refractivity contribution in [3.63, 3.8) is 0 Å². The van der Waals surface area contributed by atoms with E-state index in [1.54, 1.807) is 6.20 Å². The number of aldehydes is 1. The summed E-state index contributed by atoms with van der Waals surface area (Å²) in [6.45, 7) is 5.51. The third-order valence-corrected chi connectivity index (χ3v) is 2.07. The van der Waals surface area contributed by atoms with E-state index in [1.807, 2.05) is 24.6 Å². The highest BCUT2D eigenvalue weighted by Crippen LogP contribution is 2.01. The molecule has 4 nitrogen and oxygen atoms in total. The average molecular weight is 210 g/mol. The fraction of sp³-hybridized carbons (Fsp3) is 0.636. The third-order valence-electron chi connectivity index (χ3n) is 2.07. The van der Waals surface area contributed by atoms with E-state index >= 15 is 0 Å². The van der Waals surface area contributed by atoms with E-state index in [4.69, 9.17) is 4.74 Å². The van der Waals surface area contributed by atoms with Crippen LogP contribution in [0.15, 0.2) is 12.4 Å². The Bertz CT molecular complexity index is 295. The van der Waals surface area contributed by atoms with E-state index in [-0.39, 0.29) is 6.10 Å². The van der Waals surface area contributed by atoms with E-state index in [9.17, 15) is 4.79 Å². The first kappa shape index (κ1) is 11.9. The van der Waals surface area contributed by atoms with Crippen LogP contribution in [0.5, 0.6) is 0 Å². The highest BCUT2D eigenvalue weighted by molar-refractivity contribution is 5.49. The molecule has 0 aliphatic heterocycles. The Morgan fingerprint density at radius 3 is 3.07 bits per heavy atom. The first-order valence-electron chi connectivity index (χ1n) is 5.29. The molecule has 1 rings (SSSR count). The van der Waals surface area contributed by atoms with Crippen molar-refractivity contribution in [3.05, 3.63) is 18.2 Å². The highest BCUT2D eigenvalue weighted by Gasteiger charge is 2.02. The molecule has 0 amide bonds. The standard InChI is InChI=1S/C11H18N2O2/c1-10(2)15-9-7-13-6-5-12-11(13)4-3-8-14/h5-6,8,10H,3-4,7,9H2,1-2H3. The Labute approximate surface area is 90.3 Å². The minimum absolute atomic E-state index is 0.256. The normalized spacial score (nSPS) is 10.9. The molecule has 15 heavy (non-hydrogen) atoms. The Morgan fingerprint density at radius 2 is 2.40 bits per heavy atom. The topological polar surface area (TPSA) is 44.1 Å². The molecule has 0 saturated heterocycles. The predicted molar refractivity (Wildman–Crippen MR) is 57.7 cm³/mol. The zero-order valence-electron chi connectivity index (χ0n) is 9.35. The fourth-order valence-electron chi connectivity index (χ4n) is 1.35. The summed E-state index contributed by atoms with van der Waals surface area (Å²) < 4.78 is 7.49. The molecule has 0 N–H and O–H groups in total. The third kappa shape index (κ3) is 4.25. The average Bonchev–Trinajstić information content (AvgIpc) is 2.62. The van der Waals surface area contributed by atoms with Crippen LogP contribution in [0.1, 0.15) is 26.1 Å². The molecule has 0 unspecified atom stereocenters. The van der Waals surface area contributed by atoms with Gasteiger partial charge in [-0.3, -0.25) is 0 Å². The lowest BCUT2D eigenvalue weighted by atomic mass is 10.3. The maximum Gasteiger partial charge on any atom is 0.120 e. The Morgan fingerprint density at radius 1 is 1.60 bits per heavy atom. The number of nitrogens with zero attached hydrogens (tertiary/aromatic N) is 2. The molecule has 0 bridgehead atoms. The van der Waals surface area contributed by atoms with Crippen molar-refractivity contribution in [3.8, 4) is 0 Å². The van der Waals surface area contributed by atoms with E-state index in [1.165, 1.54) is 0 Å². The van der Waals surface area contributed by atoms with Crippen molar-refractivity contribution < 1.29 is 9.53 Å². The van der Waals surface area contributed by atoms with Crippen LogP contribution in [0.2, 0.25) is 0 Å². The molecule has 4 heteroatoms. The van der Waals surface area contributed by atoms with Gasteiger partial charge in [-0.25, -0.2) is 4.98 Å². The van der Waals surface area contributed by atoms with Crippen molar-refractivity contribution in [1.82, 2.24) is 9.55 Å². The summed E-state index contributed by atoms with van der Waals surface area (Å²) >= 11 is 0. The summed E-state index contributed by atoms with van der Waals surface area (Å²) in [6.07, 6.45) is 6.09. The SMILES string of the molecule is CC(C)OCCn1ccnc1CCC=O. The molecule has 0 aliphatic carbocycles. The molecule has 84 valence electrons. The number of ether oxygens (including phenoxy) is 1. The monoisotopic (exact) mass is 210 g/mol. The molecule has 0 aliphatic rings. The van der Waals surface area contributed by atoms with E-state index in [2.05, 4.69) is 4.98 Å². The van der Waals surface area contributed by atoms with Crippen LogP contribution in [-0.2, 0) is 22.5 Å². The van der Waals surface area contributed by atoms with Gasteiger partial charge in [0.1, 0.15) is 12.1 Å². The first-order chi connectivity index (χ1) is 7.24. The fourth-order valence-corrected chi connectivity index (χ4v) is 1.35. The van der Waals surface area contributed by atoms with Crippen LogP contribution in [0, 0.1) is 0 Å². The zero-order valence-corrected chi connectivity index (χ0v) is 9.35. The smallest absolute Gasteiger partial charge is 0.120 e. The molecule has 0 aromatic carbocycles. The molecular weight excluding hydrogens is 192 g/mol. The maximum absolute atomic E-state index is 10.3. The Balaban J connectivity index is 2.39. The molecule has 0 spiro atoms. The number of aryl methyl sites for hydroxylation is 1. The summed E-state index contributed by atoms with van der Waals surface area (Å²) in [6, 6.07) is 0. The van der Waals surface area contributed by atoms with Gasteiger partial charge in [-0.1, -0.05) is 0 Å². The number of hydrogen-bond acceptors (Lipinski definition) is 3. The van der Waals surface area contributed by atoms with E-state index < -0.39 is 0 Å². The Kier molecular flexibility index (Phi) is 5.04.